The maximum atomic E-state index is 11.0. The van der Waals surface area contributed by atoms with E-state index in [-0.39, 0.29) is 5.82 Å². The highest BCUT2D eigenvalue weighted by Crippen LogP contribution is 2.23. The summed E-state index contributed by atoms with van der Waals surface area (Å²) in [5.41, 5.74) is 0. The SMILES string of the molecule is Cc1nc([N+](=O)[O-])c(NCCOC2CCCCCC2)n1C. The summed E-state index contributed by atoms with van der Waals surface area (Å²) in [7, 11) is 1.77. The second kappa shape index (κ2) is 7.40. The van der Waals surface area contributed by atoms with Crippen molar-refractivity contribution < 1.29 is 9.66 Å². The molecular weight excluding hydrogens is 272 g/mol. The van der Waals surface area contributed by atoms with Gasteiger partial charge in [0.25, 0.3) is 0 Å². The van der Waals surface area contributed by atoms with E-state index in [1.54, 1.807) is 18.5 Å². The average Bonchev–Trinajstić information content (AvgIpc) is 2.65. The first-order chi connectivity index (χ1) is 10.1. The van der Waals surface area contributed by atoms with Crippen LogP contribution in [0.1, 0.15) is 44.3 Å². The molecule has 1 N–H and O–H groups in total. The van der Waals surface area contributed by atoms with E-state index in [0.29, 0.717) is 30.9 Å². The molecule has 7 heteroatoms. The Labute approximate surface area is 124 Å². The van der Waals surface area contributed by atoms with Crippen molar-refractivity contribution in [2.75, 3.05) is 18.5 Å². The summed E-state index contributed by atoms with van der Waals surface area (Å²) in [6, 6.07) is 0. The van der Waals surface area contributed by atoms with E-state index in [9.17, 15) is 10.1 Å². The van der Waals surface area contributed by atoms with Crippen LogP contribution >= 0.6 is 0 Å². The Balaban J connectivity index is 1.82. The molecule has 0 unspecified atom stereocenters. The number of hydrogen-bond donors (Lipinski definition) is 1. The van der Waals surface area contributed by atoms with E-state index >= 15 is 0 Å². The van der Waals surface area contributed by atoms with Gasteiger partial charge < -0.3 is 20.2 Å². The molecule has 1 aromatic heterocycles. The van der Waals surface area contributed by atoms with Crippen LogP contribution in [0, 0.1) is 17.0 Å². The summed E-state index contributed by atoms with van der Waals surface area (Å²) in [6.45, 7) is 2.86. The fourth-order valence-corrected chi connectivity index (χ4v) is 2.72. The average molecular weight is 296 g/mol. The molecule has 0 amide bonds. The van der Waals surface area contributed by atoms with E-state index in [1.165, 1.54) is 25.7 Å². The Bertz CT molecular complexity index is 479. The summed E-state index contributed by atoms with van der Waals surface area (Å²) in [6.07, 6.45) is 7.69. The first-order valence-electron chi connectivity index (χ1n) is 7.62. The van der Waals surface area contributed by atoms with Gasteiger partial charge in [-0.1, -0.05) is 25.7 Å². The predicted octanol–water partition coefficient (Wildman–Crippen LogP) is 2.79. The molecule has 0 aromatic carbocycles. The molecule has 2 rings (SSSR count). The number of anilines is 1. The van der Waals surface area contributed by atoms with Crippen molar-refractivity contribution in [2.45, 2.75) is 51.6 Å². The van der Waals surface area contributed by atoms with Crippen molar-refractivity contribution in [3.05, 3.63) is 15.9 Å². The topological polar surface area (TPSA) is 82.2 Å². The highest BCUT2D eigenvalue weighted by molar-refractivity contribution is 5.53. The third-order valence-corrected chi connectivity index (χ3v) is 4.02. The normalized spacial score (nSPS) is 16.7. The van der Waals surface area contributed by atoms with Gasteiger partial charge in [-0.15, -0.1) is 0 Å². The molecule has 118 valence electrons. The van der Waals surface area contributed by atoms with E-state index in [0.717, 1.165) is 12.8 Å². The molecule has 0 spiro atoms. The minimum Gasteiger partial charge on any atom is -0.376 e. The number of ether oxygens (including phenoxy) is 1. The number of nitrogens with zero attached hydrogens (tertiary/aromatic N) is 3. The number of rotatable bonds is 6. The Hall–Kier alpha value is -1.63. The third kappa shape index (κ3) is 4.17. The molecule has 1 aliphatic rings. The van der Waals surface area contributed by atoms with Crippen LogP contribution in [0.15, 0.2) is 0 Å². The van der Waals surface area contributed by atoms with Crippen molar-refractivity contribution in [3.8, 4) is 0 Å². The van der Waals surface area contributed by atoms with E-state index in [2.05, 4.69) is 10.3 Å². The number of hydrogen-bond acceptors (Lipinski definition) is 5. The van der Waals surface area contributed by atoms with Crippen LogP contribution in [0.3, 0.4) is 0 Å². The zero-order chi connectivity index (χ0) is 15.2. The number of aromatic nitrogens is 2. The molecule has 1 fully saturated rings. The molecule has 7 nitrogen and oxygen atoms in total. The lowest BCUT2D eigenvalue weighted by molar-refractivity contribution is -0.388. The molecule has 1 heterocycles. The standard InChI is InChI=1S/C14H24N4O3/c1-11-16-14(18(19)20)13(17(11)2)15-9-10-21-12-7-5-3-4-6-8-12/h12,15H,3-10H2,1-2H3. The molecular formula is C14H24N4O3. The third-order valence-electron chi connectivity index (χ3n) is 4.02. The van der Waals surface area contributed by atoms with Crippen molar-refractivity contribution >= 4 is 11.6 Å². The molecule has 1 aliphatic carbocycles. The smallest absolute Gasteiger partial charge is 0.376 e. The number of nitrogens with one attached hydrogen (secondary N) is 1. The maximum Gasteiger partial charge on any atom is 0.406 e. The number of aryl methyl sites for hydroxylation is 1. The Kier molecular flexibility index (Phi) is 5.55. The number of nitro groups is 1. The molecule has 0 atom stereocenters. The van der Waals surface area contributed by atoms with Crippen LogP contribution in [0.25, 0.3) is 0 Å². The molecule has 0 saturated heterocycles. The van der Waals surface area contributed by atoms with Crippen LogP contribution in [-0.4, -0.2) is 33.7 Å². The zero-order valence-corrected chi connectivity index (χ0v) is 12.8. The van der Waals surface area contributed by atoms with Gasteiger partial charge in [-0.2, -0.15) is 0 Å². The highest BCUT2D eigenvalue weighted by Gasteiger charge is 2.23. The van der Waals surface area contributed by atoms with E-state index in [1.807, 2.05) is 0 Å². The summed E-state index contributed by atoms with van der Waals surface area (Å²) < 4.78 is 7.57. The lowest BCUT2D eigenvalue weighted by Gasteiger charge is -2.15. The zero-order valence-electron chi connectivity index (χ0n) is 12.8. The van der Waals surface area contributed by atoms with Crippen LogP contribution in [0.4, 0.5) is 11.6 Å². The molecule has 0 aliphatic heterocycles. The monoisotopic (exact) mass is 296 g/mol. The quantitative estimate of drug-likeness (QED) is 0.378. The van der Waals surface area contributed by atoms with Crippen molar-refractivity contribution in [3.63, 3.8) is 0 Å². The fraction of sp³-hybridized carbons (Fsp3) is 0.786. The van der Waals surface area contributed by atoms with Gasteiger partial charge in [0.15, 0.2) is 0 Å². The minimum atomic E-state index is -0.457. The van der Waals surface area contributed by atoms with Crippen molar-refractivity contribution in [1.82, 2.24) is 9.55 Å². The van der Waals surface area contributed by atoms with Gasteiger partial charge in [0, 0.05) is 20.5 Å². The summed E-state index contributed by atoms with van der Waals surface area (Å²) in [5.74, 6) is 0.945. The van der Waals surface area contributed by atoms with Gasteiger partial charge in [-0.3, -0.25) is 4.57 Å². The highest BCUT2D eigenvalue weighted by atomic mass is 16.6. The second-order valence-electron chi connectivity index (χ2n) is 5.56. The van der Waals surface area contributed by atoms with Crippen molar-refractivity contribution in [2.24, 2.45) is 7.05 Å². The van der Waals surface area contributed by atoms with E-state index < -0.39 is 4.92 Å². The molecule has 1 saturated carbocycles. The van der Waals surface area contributed by atoms with Crippen LogP contribution in [0.5, 0.6) is 0 Å². The van der Waals surface area contributed by atoms with Gasteiger partial charge in [0.2, 0.25) is 11.6 Å². The lowest BCUT2D eigenvalue weighted by Crippen LogP contribution is -2.18. The predicted molar refractivity (Wildman–Crippen MR) is 80.5 cm³/mol. The molecule has 1 aromatic rings. The Morgan fingerprint density at radius 2 is 2.05 bits per heavy atom. The van der Waals surface area contributed by atoms with Gasteiger partial charge in [-0.05, 0) is 22.7 Å². The van der Waals surface area contributed by atoms with Crippen LogP contribution < -0.4 is 5.32 Å². The summed E-state index contributed by atoms with van der Waals surface area (Å²) in [4.78, 5) is 14.5. The molecule has 0 radical (unpaired) electrons. The second-order valence-corrected chi connectivity index (χ2v) is 5.56. The van der Waals surface area contributed by atoms with Crippen molar-refractivity contribution in [1.29, 1.82) is 0 Å². The summed E-state index contributed by atoms with van der Waals surface area (Å²) in [5, 5.41) is 14.0. The largest absolute Gasteiger partial charge is 0.406 e. The first-order valence-corrected chi connectivity index (χ1v) is 7.62. The van der Waals surface area contributed by atoms with Gasteiger partial charge in [-0.25, -0.2) is 0 Å². The Morgan fingerprint density at radius 3 is 2.67 bits per heavy atom. The number of imidazole rings is 1. The Morgan fingerprint density at radius 1 is 1.38 bits per heavy atom. The molecule has 21 heavy (non-hydrogen) atoms. The van der Waals surface area contributed by atoms with Crippen LogP contribution in [-0.2, 0) is 11.8 Å². The van der Waals surface area contributed by atoms with E-state index in [4.69, 9.17) is 4.74 Å². The molecule has 0 bridgehead atoms. The maximum absolute atomic E-state index is 11.0. The van der Waals surface area contributed by atoms with Gasteiger partial charge in [0.05, 0.1) is 12.7 Å². The minimum absolute atomic E-state index is 0.121. The first kappa shape index (κ1) is 15.8. The lowest BCUT2D eigenvalue weighted by atomic mass is 10.1. The van der Waals surface area contributed by atoms with Gasteiger partial charge in [0.1, 0.15) is 0 Å². The van der Waals surface area contributed by atoms with Crippen LogP contribution in [0.2, 0.25) is 0 Å². The van der Waals surface area contributed by atoms with Gasteiger partial charge >= 0.3 is 5.82 Å². The fourth-order valence-electron chi connectivity index (χ4n) is 2.72. The summed E-state index contributed by atoms with van der Waals surface area (Å²) >= 11 is 0.